The van der Waals surface area contributed by atoms with Crippen molar-refractivity contribution in [3.05, 3.63) is 0 Å². The molecule has 1 saturated heterocycles. The SMILES string of the molecule is CC1CCCOC1NC([NH])=O. The Morgan fingerprint density at radius 1 is 1.73 bits per heavy atom. The molecule has 1 aliphatic heterocycles. The molecule has 2 unspecified atom stereocenters. The quantitative estimate of drug-likeness (QED) is 0.610. The largest absolute Gasteiger partial charge is 0.358 e. The Morgan fingerprint density at radius 3 is 3.00 bits per heavy atom. The topological polar surface area (TPSA) is 62.1 Å². The molecule has 1 fully saturated rings. The summed E-state index contributed by atoms with van der Waals surface area (Å²) in [5.74, 6) is 0.332. The minimum Gasteiger partial charge on any atom is -0.358 e. The van der Waals surface area contributed by atoms with Crippen LogP contribution in [0.4, 0.5) is 4.79 Å². The summed E-state index contributed by atoms with van der Waals surface area (Å²) >= 11 is 0. The average Bonchev–Trinajstić information content (AvgIpc) is 1.93. The fourth-order valence-corrected chi connectivity index (χ4v) is 1.24. The molecule has 63 valence electrons. The van der Waals surface area contributed by atoms with E-state index in [-0.39, 0.29) is 6.23 Å². The second kappa shape index (κ2) is 3.57. The Labute approximate surface area is 66.1 Å². The van der Waals surface area contributed by atoms with Crippen LogP contribution >= 0.6 is 0 Å². The minimum absolute atomic E-state index is 0.242. The standard InChI is InChI=1S/C7H13N2O2/c1-5-3-2-4-11-6(5)9-7(8)10/h5-6,8H,2-4H2,1H3,(H,9,10). The maximum Gasteiger partial charge on any atom is 0.335 e. The zero-order chi connectivity index (χ0) is 8.27. The average molecular weight is 157 g/mol. The van der Waals surface area contributed by atoms with Crippen molar-refractivity contribution < 1.29 is 9.53 Å². The van der Waals surface area contributed by atoms with Crippen LogP contribution in [-0.2, 0) is 4.74 Å². The summed E-state index contributed by atoms with van der Waals surface area (Å²) in [7, 11) is 0. The van der Waals surface area contributed by atoms with Crippen molar-refractivity contribution in [1.82, 2.24) is 11.1 Å². The molecule has 2 atom stereocenters. The van der Waals surface area contributed by atoms with E-state index < -0.39 is 6.03 Å². The van der Waals surface area contributed by atoms with Gasteiger partial charge in [-0.15, -0.1) is 0 Å². The van der Waals surface area contributed by atoms with Gasteiger partial charge in [-0.1, -0.05) is 6.92 Å². The summed E-state index contributed by atoms with van der Waals surface area (Å²) in [5.41, 5.74) is 6.67. The van der Waals surface area contributed by atoms with Crippen molar-refractivity contribution >= 4 is 6.03 Å². The molecule has 0 aromatic heterocycles. The van der Waals surface area contributed by atoms with Gasteiger partial charge in [-0.05, 0) is 12.8 Å². The van der Waals surface area contributed by atoms with Gasteiger partial charge >= 0.3 is 6.03 Å². The first-order valence-electron chi connectivity index (χ1n) is 3.84. The molecule has 11 heavy (non-hydrogen) atoms. The Hall–Kier alpha value is -0.770. The zero-order valence-electron chi connectivity index (χ0n) is 6.59. The van der Waals surface area contributed by atoms with E-state index in [1.165, 1.54) is 0 Å². The van der Waals surface area contributed by atoms with Crippen molar-refractivity contribution in [1.29, 1.82) is 0 Å². The number of ether oxygens (including phenoxy) is 1. The lowest BCUT2D eigenvalue weighted by atomic mass is 10.0. The molecule has 0 aromatic carbocycles. The lowest BCUT2D eigenvalue weighted by Gasteiger charge is -2.28. The van der Waals surface area contributed by atoms with Crippen LogP contribution in [0.5, 0.6) is 0 Å². The van der Waals surface area contributed by atoms with Gasteiger partial charge in [-0.3, -0.25) is 0 Å². The predicted octanol–water partition coefficient (Wildman–Crippen LogP) is 0.752. The summed E-state index contributed by atoms with van der Waals surface area (Å²) in [5, 5.41) is 2.44. The molecule has 4 nitrogen and oxygen atoms in total. The van der Waals surface area contributed by atoms with E-state index >= 15 is 0 Å². The maximum absolute atomic E-state index is 10.3. The van der Waals surface area contributed by atoms with Gasteiger partial charge in [-0.25, -0.2) is 10.5 Å². The fourth-order valence-electron chi connectivity index (χ4n) is 1.24. The highest BCUT2D eigenvalue weighted by Crippen LogP contribution is 2.17. The molecule has 0 aliphatic carbocycles. The molecular weight excluding hydrogens is 144 g/mol. The molecular formula is C7H13N2O2. The van der Waals surface area contributed by atoms with Gasteiger partial charge in [-0.2, -0.15) is 0 Å². The van der Waals surface area contributed by atoms with Gasteiger partial charge in [0.2, 0.25) is 0 Å². The monoisotopic (exact) mass is 157 g/mol. The van der Waals surface area contributed by atoms with Gasteiger partial charge in [0.15, 0.2) is 0 Å². The first-order valence-corrected chi connectivity index (χ1v) is 3.84. The van der Waals surface area contributed by atoms with Crippen molar-refractivity contribution in [2.24, 2.45) is 5.92 Å². The lowest BCUT2D eigenvalue weighted by molar-refractivity contribution is -0.0324. The van der Waals surface area contributed by atoms with Crippen molar-refractivity contribution in [3.63, 3.8) is 0 Å². The van der Waals surface area contributed by atoms with Crippen LogP contribution in [0, 0.1) is 5.92 Å². The second-order valence-corrected chi connectivity index (χ2v) is 2.88. The van der Waals surface area contributed by atoms with Crippen LogP contribution in [0.15, 0.2) is 0 Å². The molecule has 1 aliphatic rings. The van der Waals surface area contributed by atoms with Crippen molar-refractivity contribution in [2.75, 3.05) is 6.61 Å². The van der Waals surface area contributed by atoms with Gasteiger partial charge in [0, 0.05) is 12.5 Å². The summed E-state index contributed by atoms with van der Waals surface area (Å²) < 4.78 is 5.25. The van der Waals surface area contributed by atoms with Crippen molar-refractivity contribution in [2.45, 2.75) is 26.0 Å². The van der Waals surface area contributed by atoms with Gasteiger partial charge in [0.05, 0.1) is 0 Å². The fraction of sp³-hybridized carbons (Fsp3) is 0.857. The minimum atomic E-state index is -0.760. The first-order chi connectivity index (χ1) is 5.20. The number of hydrogen-bond donors (Lipinski definition) is 1. The third kappa shape index (κ3) is 2.38. The summed E-state index contributed by atoms with van der Waals surface area (Å²) in [6, 6.07) is -0.760. The summed E-state index contributed by atoms with van der Waals surface area (Å²) in [4.78, 5) is 10.3. The van der Waals surface area contributed by atoms with Crippen LogP contribution in [0.2, 0.25) is 0 Å². The van der Waals surface area contributed by atoms with Crippen LogP contribution < -0.4 is 11.1 Å². The number of hydrogen-bond acceptors (Lipinski definition) is 2. The number of nitrogens with one attached hydrogen (secondary N) is 2. The third-order valence-electron chi connectivity index (χ3n) is 1.89. The molecule has 4 heteroatoms. The van der Waals surface area contributed by atoms with E-state index in [1.54, 1.807) is 0 Å². The Kier molecular flexibility index (Phi) is 2.70. The Balaban J connectivity index is 2.35. The zero-order valence-corrected chi connectivity index (χ0v) is 6.59. The molecule has 2 N–H and O–H groups in total. The Morgan fingerprint density at radius 2 is 2.45 bits per heavy atom. The molecule has 1 heterocycles. The highest BCUT2D eigenvalue weighted by atomic mass is 16.5. The molecule has 0 spiro atoms. The third-order valence-corrected chi connectivity index (χ3v) is 1.89. The van der Waals surface area contributed by atoms with E-state index in [0.717, 1.165) is 12.8 Å². The predicted molar refractivity (Wildman–Crippen MR) is 39.8 cm³/mol. The van der Waals surface area contributed by atoms with E-state index in [9.17, 15) is 4.79 Å². The molecule has 0 saturated carbocycles. The Bertz CT molecular complexity index is 149. The van der Waals surface area contributed by atoms with E-state index in [4.69, 9.17) is 10.5 Å². The van der Waals surface area contributed by atoms with E-state index in [0.29, 0.717) is 12.5 Å². The first kappa shape index (κ1) is 8.33. The number of rotatable bonds is 1. The summed E-state index contributed by atoms with van der Waals surface area (Å²) in [6.45, 7) is 2.70. The van der Waals surface area contributed by atoms with Crippen LogP contribution in [0.25, 0.3) is 0 Å². The highest BCUT2D eigenvalue weighted by molar-refractivity contribution is 5.70. The van der Waals surface area contributed by atoms with E-state index in [1.807, 2.05) is 6.92 Å². The lowest BCUT2D eigenvalue weighted by Crippen LogP contribution is -2.43. The smallest absolute Gasteiger partial charge is 0.335 e. The van der Waals surface area contributed by atoms with Gasteiger partial charge < -0.3 is 10.1 Å². The second-order valence-electron chi connectivity index (χ2n) is 2.88. The number of carbonyl (C=O) groups is 1. The maximum atomic E-state index is 10.3. The summed E-state index contributed by atoms with van der Waals surface area (Å²) in [6.07, 6.45) is 1.87. The molecule has 0 bridgehead atoms. The normalized spacial score (nSPS) is 31.4. The van der Waals surface area contributed by atoms with E-state index in [2.05, 4.69) is 5.32 Å². The number of carbonyl (C=O) groups excluding carboxylic acids is 1. The van der Waals surface area contributed by atoms with Crippen molar-refractivity contribution in [3.8, 4) is 0 Å². The molecule has 1 rings (SSSR count). The van der Waals surface area contributed by atoms with Gasteiger partial charge in [0.25, 0.3) is 0 Å². The van der Waals surface area contributed by atoms with Gasteiger partial charge in [0.1, 0.15) is 6.23 Å². The number of urea groups is 1. The van der Waals surface area contributed by atoms with Crippen LogP contribution in [-0.4, -0.2) is 18.9 Å². The molecule has 0 aromatic rings. The van der Waals surface area contributed by atoms with Crippen LogP contribution in [0.3, 0.4) is 0 Å². The molecule has 1 radical (unpaired) electrons. The highest BCUT2D eigenvalue weighted by Gasteiger charge is 2.22. The molecule has 2 amide bonds. The van der Waals surface area contributed by atoms with Crippen LogP contribution in [0.1, 0.15) is 19.8 Å². The number of amides is 2.